The highest BCUT2D eigenvalue weighted by Gasteiger charge is 2.24. The van der Waals surface area contributed by atoms with Crippen molar-refractivity contribution in [2.75, 3.05) is 12.3 Å². The fourth-order valence-corrected chi connectivity index (χ4v) is 3.62. The van der Waals surface area contributed by atoms with Crippen molar-refractivity contribution in [1.82, 2.24) is 10.6 Å². The number of phenolic OH excluding ortho intramolecular Hbond substituents is 2. The Morgan fingerprint density at radius 2 is 1.78 bits per heavy atom. The van der Waals surface area contributed by atoms with E-state index in [0.29, 0.717) is 12.0 Å². The molecule has 1 rings (SSSR count). The predicted octanol–water partition coefficient (Wildman–Crippen LogP) is -1.04. The van der Waals surface area contributed by atoms with Gasteiger partial charge in [-0.05, 0) is 37.5 Å². The van der Waals surface area contributed by atoms with E-state index in [4.69, 9.17) is 21.7 Å². The van der Waals surface area contributed by atoms with E-state index in [9.17, 15) is 29.4 Å². The molecule has 0 aliphatic carbocycles. The van der Waals surface area contributed by atoms with Crippen molar-refractivity contribution in [3.05, 3.63) is 17.7 Å². The summed E-state index contributed by atoms with van der Waals surface area (Å²) in [6, 6.07) is 0.298. The van der Waals surface area contributed by atoms with Gasteiger partial charge >= 0.3 is 11.9 Å². The maximum atomic E-state index is 12.4. The van der Waals surface area contributed by atoms with E-state index in [0.717, 1.165) is 11.8 Å². The molecule has 10 N–H and O–H groups in total. The molecule has 13 heteroatoms. The highest BCUT2D eigenvalue weighted by molar-refractivity contribution is 7.99. The summed E-state index contributed by atoms with van der Waals surface area (Å²) in [4.78, 5) is 46.3. The molecular formula is C19H28N4O8S. The zero-order valence-corrected chi connectivity index (χ0v) is 18.2. The fraction of sp³-hybridized carbons (Fsp3) is 0.474. The second kappa shape index (κ2) is 12.7. The molecule has 1 unspecified atom stereocenters. The van der Waals surface area contributed by atoms with Crippen LogP contribution in [0.2, 0.25) is 0 Å². The van der Waals surface area contributed by atoms with Gasteiger partial charge in [0.15, 0.2) is 11.5 Å². The van der Waals surface area contributed by atoms with Gasteiger partial charge in [0.1, 0.15) is 18.6 Å². The van der Waals surface area contributed by atoms with Gasteiger partial charge in [0, 0.05) is 18.2 Å². The molecule has 0 radical (unpaired) electrons. The third-order valence-electron chi connectivity index (χ3n) is 4.14. The first-order valence-electron chi connectivity index (χ1n) is 9.61. The molecule has 0 aromatic heterocycles. The largest absolute Gasteiger partial charge is 0.504 e. The van der Waals surface area contributed by atoms with Crippen molar-refractivity contribution in [2.24, 2.45) is 11.5 Å². The van der Waals surface area contributed by atoms with E-state index in [2.05, 4.69) is 10.6 Å². The van der Waals surface area contributed by atoms with Crippen molar-refractivity contribution in [2.45, 2.75) is 49.2 Å². The second-order valence-corrected chi connectivity index (χ2v) is 8.23. The molecule has 2 amide bonds. The molecule has 0 aliphatic rings. The lowest BCUT2D eigenvalue weighted by molar-refractivity contribution is -0.139. The van der Waals surface area contributed by atoms with E-state index in [1.807, 2.05) is 0 Å². The maximum absolute atomic E-state index is 12.4. The molecule has 1 aromatic rings. The van der Waals surface area contributed by atoms with Crippen LogP contribution in [0.3, 0.4) is 0 Å². The highest BCUT2D eigenvalue weighted by Crippen LogP contribution is 2.37. The van der Waals surface area contributed by atoms with Gasteiger partial charge in [0.25, 0.3) is 0 Å². The van der Waals surface area contributed by atoms with Crippen LogP contribution in [0, 0.1) is 0 Å². The molecule has 0 fully saturated rings. The van der Waals surface area contributed by atoms with Crippen LogP contribution in [0.15, 0.2) is 17.0 Å². The number of nitrogens with two attached hydrogens (primary N) is 2. The first-order chi connectivity index (χ1) is 14.9. The Bertz CT molecular complexity index is 849. The summed E-state index contributed by atoms with van der Waals surface area (Å²) in [5.41, 5.74) is 11.8. The molecule has 0 bridgehead atoms. The van der Waals surface area contributed by atoms with Crippen LogP contribution in [0.4, 0.5) is 0 Å². The number of benzene rings is 1. The number of hydrogen-bond donors (Lipinski definition) is 8. The van der Waals surface area contributed by atoms with E-state index in [-0.39, 0.29) is 35.3 Å². The standard InChI is InChI=1S/C19H28N4O8S/c1-9(20)4-10-5-13(24)17(28)14(6-10)32-8-12(18(29)22-7-16(26)27)23-15(25)3-2-11(21)19(30)31/h5-6,9,11-12,24,28H,2-4,7-8,20-21H2,1H3,(H,22,29)(H,23,25)(H,26,27)(H,30,31)/t9?,11-,12-/m0/s1. The second-order valence-electron chi connectivity index (χ2n) is 7.17. The molecular weight excluding hydrogens is 444 g/mol. The molecule has 0 saturated carbocycles. The van der Waals surface area contributed by atoms with Gasteiger partial charge in [-0.2, -0.15) is 0 Å². The lowest BCUT2D eigenvalue weighted by Gasteiger charge is -2.19. The summed E-state index contributed by atoms with van der Waals surface area (Å²) in [6.45, 7) is 1.10. The number of rotatable bonds is 13. The number of carbonyl (C=O) groups is 4. The monoisotopic (exact) mass is 472 g/mol. The predicted molar refractivity (Wildman–Crippen MR) is 115 cm³/mol. The molecule has 0 heterocycles. The molecule has 0 aliphatic heterocycles. The number of carboxylic acid groups (broad SMARTS) is 2. The zero-order chi connectivity index (χ0) is 24.4. The van der Waals surface area contributed by atoms with Gasteiger partial charge in [-0.25, -0.2) is 0 Å². The van der Waals surface area contributed by atoms with Crippen LogP contribution in [0.25, 0.3) is 0 Å². The van der Waals surface area contributed by atoms with Crippen LogP contribution >= 0.6 is 11.8 Å². The van der Waals surface area contributed by atoms with Crippen LogP contribution < -0.4 is 22.1 Å². The van der Waals surface area contributed by atoms with Gasteiger partial charge in [-0.15, -0.1) is 11.8 Å². The molecule has 0 saturated heterocycles. The summed E-state index contributed by atoms with van der Waals surface area (Å²) < 4.78 is 0. The van der Waals surface area contributed by atoms with E-state index in [1.165, 1.54) is 6.07 Å². The molecule has 3 atom stereocenters. The van der Waals surface area contributed by atoms with Crippen molar-refractivity contribution >= 4 is 35.5 Å². The minimum Gasteiger partial charge on any atom is -0.504 e. The normalized spacial score (nSPS) is 13.6. The van der Waals surface area contributed by atoms with Crippen LogP contribution in [-0.4, -0.2) is 74.6 Å². The number of phenols is 2. The number of nitrogens with one attached hydrogen (secondary N) is 2. The van der Waals surface area contributed by atoms with E-state index >= 15 is 0 Å². The van der Waals surface area contributed by atoms with Crippen molar-refractivity contribution in [3.63, 3.8) is 0 Å². The summed E-state index contributed by atoms with van der Waals surface area (Å²) in [5, 5.41) is 42.2. The first kappa shape index (κ1) is 27.0. The van der Waals surface area contributed by atoms with Crippen LogP contribution in [-0.2, 0) is 25.6 Å². The molecule has 0 spiro atoms. The summed E-state index contributed by atoms with van der Waals surface area (Å²) >= 11 is 0.952. The van der Waals surface area contributed by atoms with E-state index < -0.39 is 48.1 Å². The fourth-order valence-electron chi connectivity index (χ4n) is 2.57. The van der Waals surface area contributed by atoms with Gasteiger partial charge in [-0.1, -0.05) is 0 Å². The van der Waals surface area contributed by atoms with Gasteiger partial charge in [0.2, 0.25) is 11.8 Å². The number of aliphatic carboxylic acids is 2. The Morgan fingerprint density at radius 1 is 1.12 bits per heavy atom. The SMILES string of the molecule is CC(N)Cc1cc(O)c(O)c(SC[C@H](NC(=O)CC[C@H](N)C(=O)O)C(=O)NCC(=O)O)c1. The molecule has 1 aromatic carbocycles. The number of aromatic hydroxyl groups is 2. The third kappa shape index (κ3) is 9.41. The number of carbonyl (C=O) groups excluding carboxylic acids is 2. The number of hydrogen-bond acceptors (Lipinski definition) is 9. The van der Waals surface area contributed by atoms with Crippen LogP contribution in [0.5, 0.6) is 11.5 Å². The molecule has 32 heavy (non-hydrogen) atoms. The average Bonchev–Trinajstić information content (AvgIpc) is 2.69. The van der Waals surface area contributed by atoms with Gasteiger partial charge in [-0.3, -0.25) is 19.2 Å². The Balaban J connectivity index is 2.92. The van der Waals surface area contributed by atoms with Crippen LogP contribution in [0.1, 0.15) is 25.3 Å². The zero-order valence-electron chi connectivity index (χ0n) is 17.4. The van der Waals surface area contributed by atoms with Gasteiger partial charge < -0.3 is 42.5 Å². The third-order valence-corrected chi connectivity index (χ3v) is 5.27. The first-order valence-corrected chi connectivity index (χ1v) is 10.6. The number of amides is 2. The number of thioether (sulfide) groups is 1. The number of carboxylic acids is 2. The summed E-state index contributed by atoms with van der Waals surface area (Å²) in [6.07, 6.45) is -0.00694. The smallest absolute Gasteiger partial charge is 0.322 e. The lowest BCUT2D eigenvalue weighted by Crippen LogP contribution is -2.49. The Kier molecular flexibility index (Phi) is 10.7. The van der Waals surface area contributed by atoms with Crippen molar-refractivity contribution in [3.8, 4) is 11.5 Å². The van der Waals surface area contributed by atoms with Crippen molar-refractivity contribution in [1.29, 1.82) is 0 Å². The van der Waals surface area contributed by atoms with Crippen molar-refractivity contribution < 1.29 is 39.6 Å². The minimum absolute atomic E-state index is 0.114. The Hall–Kier alpha value is -3.03. The summed E-state index contributed by atoms with van der Waals surface area (Å²) in [7, 11) is 0. The van der Waals surface area contributed by atoms with E-state index in [1.54, 1.807) is 13.0 Å². The average molecular weight is 473 g/mol. The Morgan fingerprint density at radius 3 is 2.34 bits per heavy atom. The summed E-state index contributed by atoms with van der Waals surface area (Å²) in [5.74, 6) is -4.89. The Labute approximate surface area is 188 Å². The van der Waals surface area contributed by atoms with Gasteiger partial charge in [0.05, 0.1) is 4.90 Å². The minimum atomic E-state index is -1.28. The lowest BCUT2D eigenvalue weighted by atomic mass is 10.1. The molecule has 178 valence electrons. The maximum Gasteiger partial charge on any atom is 0.322 e. The topological polar surface area (TPSA) is 225 Å². The quantitative estimate of drug-likeness (QED) is 0.128. The molecule has 12 nitrogen and oxygen atoms in total. The highest BCUT2D eigenvalue weighted by atomic mass is 32.2.